The fourth-order valence-corrected chi connectivity index (χ4v) is 3.68. The van der Waals surface area contributed by atoms with E-state index >= 15 is 0 Å². The second-order valence-corrected chi connectivity index (χ2v) is 6.74. The maximum Gasteiger partial charge on any atom is 0.231 e. The molecule has 4 atom stereocenters. The highest BCUT2D eigenvalue weighted by Gasteiger charge is 2.41. The molecule has 2 aromatic rings. The van der Waals surface area contributed by atoms with Crippen LogP contribution in [0.2, 0.25) is 0 Å². The van der Waals surface area contributed by atoms with Gasteiger partial charge in [0.1, 0.15) is 0 Å². The lowest BCUT2D eigenvalue weighted by Gasteiger charge is -2.17. The van der Waals surface area contributed by atoms with Crippen molar-refractivity contribution < 1.29 is 24.1 Å². The van der Waals surface area contributed by atoms with Gasteiger partial charge in [0.2, 0.25) is 6.79 Å². The van der Waals surface area contributed by atoms with E-state index in [1.165, 1.54) is 0 Å². The van der Waals surface area contributed by atoms with Crippen LogP contribution in [0.5, 0.6) is 23.0 Å². The van der Waals surface area contributed by atoms with Crippen molar-refractivity contribution in [1.29, 1.82) is 0 Å². The second kappa shape index (κ2) is 6.15. The summed E-state index contributed by atoms with van der Waals surface area (Å²) in [5.74, 6) is 2.82. The molecule has 1 saturated heterocycles. The lowest BCUT2D eigenvalue weighted by atomic mass is 9.85. The molecule has 0 radical (unpaired) electrons. The lowest BCUT2D eigenvalue weighted by Crippen LogP contribution is -2.09. The van der Waals surface area contributed by atoms with Gasteiger partial charge in [0, 0.05) is 0 Å². The van der Waals surface area contributed by atoms with Crippen LogP contribution in [-0.2, 0) is 4.74 Å². The first-order valence-electron chi connectivity index (χ1n) is 8.50. The smallest absolute Gasteiger partial charge is 0.231 e. The number of aromatic hydroxyl groups is 1. The Morgan fingerprint density at radius 3 is 2.28 bits per heavy atom. The van der Waals surface area contributed by atoms with E-state index < -0.39 is 0 Å². The van der Waals surface area contributed by atoms with Gasteiger partial charge >= 0.3 is 0 Å². The van der Waals surface area contributed by atoms with E-state index in [-0.39, 0.29) is 24.8 Å². The van der Waals surface area contributed by atoms with Crippen LogP contribution in [0.3, 0.4) is 0 Å². The number of fused-ring (bicyclic) bond motifs is 1. The van der Waals surface area contributed by atoms with Crippen LogP contribution in [0, 0.1) is 11.8 Å². The van der Waals surface area contributed by atoms with E-state index in [0.717, 1.165) is 22.6 Å². The van der Waals surface area contributed by atoms with Gasteiger partial charge in [-0.2, -0.15) is 0 Å². The summed E-state index contributed by atoms with van der Waals surface area (Å²) in [6, 6.07) is 11.4. The van der Waals surface area contributed by atoms with Gasteiger partial charge in [0.15, 0.2) is 23.0 Å². The Hall–Kier alpha value is -2.40. The van der Waals surface area contributed by atoms with Gasteiger partial charge in [-0.15, -0.1) is 0 Å². The molecule has 4 rings (SSSR count). The number of hydrogen-bond acceptors (Lipinski definition) is 5. The lowest BCUT2D eigenvalue weighted by molar-refractivity contribution is 0.0288. The highest BCUT2D eigenvalue weighted by Crippen LogP contribution is 2.50. The normalized spacial score (nSPS) is 27.5. The van der Waals surface area contributed by atoms with E-state index in [9.17, 15) is 5.11 Å². The van der Waals surface area contributed by atoms with E-state index in [1.54, 1.807) is 13.2 Å². The van der Waals surface area contributed by atoms with Crippen molar-refractivity contribution in [3.05, 3.63) is 47.5 Å². The van der Waals surface area contributed by atoms with Crippen molar-refractivity contribution in [3.63, 3.8) is 0 Å². The van der Waals surface area contributed by atoms with Gasteiger partial charge in [-0.1, -0.05) is 26.0 Å². The zero-order chi connectivity index (χ0) is 17.6. The molecule has 2 aromatic carbocycles. The second-order valence-electron chi connectivity index (χ2n) is 6.74. The van der Waals surface area contributed by atoms with Gasteiger partial charge in [-0.25, -0.2) is 0 Å². The van der Waals surface area contributed by atoms with Gasteiger partial charge in [-0.3, -0.25) is 0 Å². The topological polar surface area (TPSA) is 57.2 Å². The summed E-state index contributed by atoms with van der Waals surface area (Å²) < 4.78 is 22.5. The first kappa shape index (κ1) is 16.1. The van der Waals surface area contributed by atoms with Crippen molar-refractivity contribution in [2.75, 3.05) is 13.9 Å². The molecule has 25 heavy (non-hydrogen) atoms. The SMILES string of the molecule is COc1cc([C@H]2O[C@H](c3ccc4c(c3)OCO4)[C@@H](C)[C@H]2C)ccc1O. The fraction of sp³-hybridized carbons (Fsp3) is 0.400. The van der Waals surface area contributed by atoms with Crippen molar-refractivity contribution in [2.45, 2.75) is 26.1 Å². The number of hydrogen-bond donors (Lipinski definition) is 1. The van der Waals surface area contributed by atoms with Gasteiger partial charge in [0.05, 0.1) is 19.3 Å². The first-order valence-corrected chi connectivity index (χ1v) is 8.50. The summed E-state index contributed by atoms with van der Waals surface area (Å²) in [7, 11) is 1.55. The van der Waals surface area contributed by atoms with Crippen LogP contribution in [0.4, 0.5) is 0 Å². The summed E-state index contributed by atoms with van der Waals surface area (Å²) in [5.41, 5.74) is 2.11. The Morgan fingerprint density at radius 2 is 1.56 bits per heavy atom. The third kappa shape index (κ3) is 2.68. The van der Waals surface area contributed by atoms with Crippen LogP contribution in [0.25, 0.3) is 0 Å². The van der Waals surface area contributed by atoms with Gasteiger partial charge in [0.25, 0.3) is 0 Å². The summed E-state index contributed by atoms with van der Waals surface area (Å²) >= 11 is 0. The molecule has 1 N–H and O–H groups in total. The molecule has 5 heteroatoms. The maximum atomic E-state index is 9.82. The quantitative estimate of drug-likeness (QED) is 0.905. The number of methoxy groups -OCH3 is 1. The molecule has 132 valence electrons. The fourth-order valence-electron chi connectivity index (χ4n) is 3.68. The van der Waals surface area contributed by atoms with Crippen LogP contribution < -0.4 is 14.2 Å². The number of phenols is 1. The molecule has 0 amide bonds. The number of benzene rings is 2. The van der Waals surface area contributed by atoms with E-state index in [4.69, 9.17) is 18.9 Å². The number of rotatable bonds is 3. The van der Waals surface area contributed by atoms with E-state index in [0.29, 0.717) is 17.6 Å². The summed E-state index contributed by atoms with van der Waals surface area (Å²) in [5, 5.41) is 9.82. The van der Waals surface area contributed by atoms with Crippen LogP contribution in [-0.4, -0.2) is 19.0 Å². The number of ether oxygens (including phenoxy) is 4. The summed E-state index contributed by atoms with van der Waals surface area (Å²) in [4.78, 5) is 0. The number of phenolic OH excluding ortho intramolecular Hbond substituents is 1. The Morgan fingerprint density at radius 1 is 0.920 bits per heavy atom. The first-order chi connectivity index (χ1) is 12.1. The van der Waals surface area contributed by atoms with Crippen LogP contribution in [0.1, 0.15) is 37.2 Å². The minimum atomic E-state index is -0.0556. The van der Waals surface area contributed by atoms with Crippen molar-refractivity contribution in [1.82, 2.24) is 0 Å². The third-order valence-electron chi connectivity index (χ3n) is 5.34. The van der Waals surface area contributed by atoms with Crippen molar-refractivity contribution >= 4 is 0 Å². The Balaban J connectivity index is 1.63. The molecule has 2 aliphatic rings. The molecule has 0 aromatic heterocycles. The summed E-state index contributed by atoms with van der Waals surface area (Å²) in [6.07, 6.45) is -0.0748. The highest BCUT2D eigenvalue weighted by atomic mass is 16.7. The predicted octanol–water partition coefficient (Wildman–Crippen LogP) is 4.21. The predicted molar refractivity (Wildman–Crippen MR) is 92.1 cm³/mol. The van der Waals surface area contributed by atoms with Crippen molar-refractivity contribution in [3.8, 4) is 23.0 Å². The van der Waals surface area contributed by atoms with E-state index in [2.05, 4.69) is 13.8 Å². The van der Waals surface area contributed by atoms with Crippen molar-refractivity contribution in [2.24, 2.45) is 11.8 Å². The van der Waals surface area contributed by atoms with Crippen LogP contribution in [0.15, 0.2) is 36.4 Å². The molecule has 2 aliphatic heterocycles. The minimum absolute atomic E-state index is 0.0192. The van der Waals surface area contributed by atoms with Gasteiger partial charge in [-0.05, 0) is 47.2 Å². The maximum absolute atomic E-state index is 9.82. The van der Waals surface area contributed by atoms with Gasteiger partial charge < -0.3 is 24.1 Å². The zero-order valence-corrected chi connectivity index (χ0v) is 14.6. The average Bonchev–Trinajstić information content (AvgIpc) is 3.20. The standard InChI is InChI=1S/C20H22O5/c1-11-12(2)20(14-5-7-16-18(9-14)24-10-23-16)25-19(11)13-4-6-15(21)17(8-13)22-3/h4-9,11-12,19-21H,10H2,1-3H3/t11-,12+,19+,20+/m1/s1. The monoisotopic (exact) mass is 342 g/mol. The molecule has 0 saturated carbocycles. The van der Waals surface area contributed by atoms with Crippen LogP contribution >= 0.6 is 0 Å². The van der Waals surface area contributed by atoms with E-state index in [1.807, 2.05) is 30.3 Å². The minimum Gasteiger partial charge on any atom is -0.504 e. The molecule has 0 bridgehead atoms. The highest BCUT2D eigenvalue weighted by molar-refractivity contribution is 5.46. The largest absolute Gasteiger partial charge is 0.504 e. The molecular weight excluding hydrogens is 320 g/mol. The zero-order valence-electron chi connectivity index (χ0n) is 14.6. The molecule has 0 aliphatic carbocycles. The molecule has 2 heterocycles. The molecular formula is C20H22O5. The Labute approximate surface area is 147 Å². The molecule has 0 spiro atoms. The summed E-state index contributed by atoms with van der Waals surface area (Å²) in [6.45, 7) is 4.67. The molecule has 1 fully saturated rings. The molecule has 0 unspecified atom stereocenters. The molecule has 5 nitrogen and oxygen atoms in total. The Bertz CT molecular complexity index is 767. The average molecular weight is 342 g/mol. The third-order valence-corrected chi connectivity index (χ3v) is 5.34. The Kier molecular flexibility index (Phi) is 3.96.